The zero-order valence-electron chi connectivity index (χ0n) is 22.0. The van der Waals surface area contributed by atoms with Gasteiger partial charge in [-0.3, -0.25) is 15.4 Å². The van der Waals surface area contributed by atoms with Crippen LogP contribution < -0.4 is 16.6 Å². The van der Waals surface area contributed by atoms with Crippen LogP contribution in [-0.4, -0.2) is 48.0 Å². The van der Waals surface area contributed by atoms with E-state index < -0.39 is 32.1 Å². The van der Waals surface area contributed by atoms with Crippen LogP contribution in [0.3, 0.4) is 0 Å². The first kappa shape index (κ1) is 27.4. The van der Waals surface area contributed by atoms with E-state index in [0.717, 1.165) is 16.7 Å². The van der Waals surface area contributed by atoms with Crippen molar-refractivity contribution < 1.29 is 19.3 Å². The normalized spacial score (nSPS) is 21.7. The van der Waals surface area contributed by atoms with Crippen molar-refractivity contribution in [2.24, 2.45) is 5.50 Å². The minimum atomic E-state index is -2.19. The SMILES string of the molecule is Nc1ncnc2c1ncn2[C@H]1C[C@@](O)(NC(c2ccccc2)(c2ccccc2)c2ccccc2)[C@@H](COP(N)O)O1. The van der Waals surface area contributed by atoms with Gasteiger partial charge in [-0.2, -0.15) is 0 Å². The maximum Gasteiger partial charge on any atom is 0.250 e. The summed E-state index contributed by atoms with van der Waals surface area (Å²) >= 11 is 0. The monoisotopic (exact) mass is 571 g/mol. The molecule has 1 aliphatic heterocycles. The molecule has 0 radical (unpaired) electrons. The lowest BCUT2D eigenvalue weighted by Crippen LogP contribution is -2.62. The number of nitrogens with zero attached hydrogens (tertiary/aromatic N) is 4. The number of ether oxygens (including phenoxy) is 1. The third-order valence-electron chi connectivity index (χ3n) is 7.42. The quantitative estimate of drug-likeness (QED) is 0.101. The number of aromatic nitrogens is 4. The van der Waals surface area contributed by atoms with E-state index in [1.54, 1.807) is 10.9 Å². The second-order valence-electron chi connectivity index (χ2n) is 9.86. The average Bonchev–Trinajstić information content (AvgIpc) is 3.58. The number of imidazole rings is 1. The summed E-state index contributed by atoms with van der Waals surface area (Å²) in [6, 6.07) is 29.7. The number of aliphatic hydroxyl groups is 1. The second kappa shape index (κ2) is 11.2. The Kier molecular flexibility index (Phi) is 7.50. The van der Waals surface area contributed by atoms with Crippen LogP contribution in [0.1, 0.15) is 29.3 Å². The molecule has 1 fully saturated rings. The van der Waals surface area contributed by atoms with Crippen molar-refractivity contribution in [2.45, 2.75) is 30.0 Å². The summed E-state index contributed by atoms with van der Waals surface area (Å²) in [6.07, 6.45) is 1.35. The van der Waals surface area contributed by atoms with Gasteiger partial charge in [-0.15, -0.1) is 0 Å². The lowest BCUT2D eigenvalue weighted by atomic mass is 9.75. The fourth-order valence-corrected chi connectivity index (χ4v) is 5.84. The number of nitrogen functional groups attached to an aromatic ring is 1. The molecule has 6 rings (SSSR count). The molecule has 1 saturated heterocycles. The Bertz CT molecular complexity index is 1510. The van der Waals surface area contributed by atoms with Crippen molar-refractivity contribution in [3.63, 3.8) is 0 Å². The van der Waals surface area contributed by atoms with Crippen LogP contribution in [-0.2, 0) is 14.8 Å². The molecule has 11 nitrogen and oxygen atoms in total. The van der Waals surface area contributed by atoms with Gasteiger partial charge in [-0.25, -0.2) is 15.0 Å². The number of anilines is 1. The smallest absolute Gasteiger partial charge is 0.250 e. The van der Waals surface area contributed by atoms with Crippen molar-refractivity contribution >= 4 is 25.5 Å². The first-order valence-electron chi connectivity index (χ1n) is 13.0. The molecule has 0 amide bonds. The van der Waals surface area contributed by atoms with Crippen LogP contribution in [0, 0.1) is 0 Å². The number of hydrogen-bond donors (Lipinski definition) is 5. The fourth-order valence-electron chi connectivity index (χ4n) is 5.55. The number of benzene rings is 3. The zero-order chi connectivity index (χ0) is 28.5. The van der Waals surface area contributed by atoms with Gasteiger partial charge in [0.05, 0.1) is 18.5 Å². The van der Waals surface area contributed by atoms with Gasteiger partial charge in [-0.05, 0) is 16.7 Å². The van der Waals surface area contributed by atoms with Gasteiger partial charge in [0.15, 0.2) is 11.5 Å². The lowest BCUT2D eigenvalue weighted by molar-refractivity contribution is -0.0996. The summed E-state index contributed by atoms with van der Waals surface area (Å²) in [5.41, 5.74) is 12.5. The Hall–Kier alpha value is -3.80. The van der Waals surface area contributed by atoms with E-state index >= 15 is 0 Å². The third-order valence-corrected chi connectivity index (χ3v) is 7.83. The zero-order valence-corrected chi connectivity index (χ0v) is 22.9. The van der Waals surface area contributed by atoms with Gasteiger partial charge >= 0.3 is 0 Å². The predicted octanol–water partition coefficient (Wildman–Crippen LogP) is 3.16. The van der Waals surface area contributed by atoms with Gasteiger partial charge < -0.3 is 25.0 Å². The molecular weight excluding hydrogens is 541 g/mol. The van der Waals surface area contributed by atoms with Crippen LogP contribution >= 0.6 is 8.53 Å². The Balaban J connectivity index is 1.50. The highest BCUT2D eigenvalue weighted by Crippen LogP contribution is 2.44. The Labute approximate surface area is 237 Å². The maximum atomic E-state index is 12.6. The summed E-state index contributed by atoms with van der Waals surface area (Å²) in [5, 5.41) is 16.2. The van der Waals surface area contributed by atoms with Crippen LogP contribution in [0.4, 0.5) is 5.82 Å². The van der Waals surface area contributed by atoms with Crippen LogP contribution in [0.15, 0.2) is 104 Å². The van der Waals surface area contributed by atoms with Crippen LogP contribution in [0.25, 0.3) is 11.2 Å². The molecule has 1 aliphatic rings. The van der Waals surface area contributed by atoms with Crippen LogP contribution in [0.5, 0.6) is 0 Å². The molecular formula is C29H30N7O4P. The van der Waals surface area contributed by atoms with Gasteiger partial charge in [0.1, 0.15) is 29.9 Å². The largest absolute Gasteiger partial charge is 0.382 e. The van der Waals surface area contributed by atoms with Crippen molar-refractivity contribution in [3.05, 3.63) is 120 Å². The summed E-state index contributed by atoms with van der Waals surface area (Å²) < 4.78 is 13.5. The lowest BCUT2D eigenvalue weighted by Gasteiger charge is -2.44. The molecule has 210 valence electrons. The summed E-state index contributed by atoms with van der Waals surface area (Å²) in [5.74, 6) is 0.241. The molecule has 0 bridgehead atoms. The molecule has 5 aromatic rings. The third kappa shape index (κ3) is 5.09. The van der Waals surface area contributed by atoms with E-state index in [9.17, 15) is 10.00 Å². The van der Waals surface area contributed by atoms with E-state index in [-0.39, 0.29) is 18.8 Å². The molecule has 2 aromatic heterocycles. The number of hydrogen-bond acceptors (Lipinski definition) is 10. The molecule has 3 aromatic carbocycles. The number of nitrogens with one attached hydrogen (secondary N) is 1. The Morgan fingerprint density at radius 3 is 2.05 bits per heavy atom. The molecule has 41 heavy (non-hydrogen) atoms. The minimum absolute atomic E-state index is 0.0819. The number of rotatable bonds is 9. The summed E-state index contributed by atoms with van der Waals surface area (Å²) in [4.78, 5) is 22.5. The van der Waals surface area contributed by atoms with Crippen LogP contribution in [0.2, 0.25) is 0 Å². The topological polar surface area (TPSA) is 167 Å². The highest BCUT2D eigenvalue weighted by Gasteiger charge is 2.54. The Morgan fingerprint density at radius 2 is 1.51 bits per heavy atom. The number of nitrogens with two attached hydrogens (primary N) is 2. The highest BCUT2D eigenvalue weighted by molar-refractivity contribution is 7.43. The molecule has 3 heterocycles. The molecule has 4 atom stereocenters. The van der Waals surface area contributed by atoms with Gasteiger partial charge in [0.2, 0.25) is 8.53 Å². The molecule has 1 unspecified atom stereocenters. The van der Waals surface area contributed by atoms with Crippen molar-refractivity contribution in [2.75, 3.05) is 12.3 Å². The molecule has 12 heteroatoms. The molecule has 0 aliphatic carbocycles. The standard InChI is InChI=1S/C29H30N7O4P/c30-26-25-27(33-18-32-26)36(19-34-25)24-16-28(37,23(40-24)17-39-41(31)38)35-29(20-10-4-1-5-11-20,21-12-6-2-7-13-21)22-14-8-3-9-15-22/h1-15,18-19,23-24,35,37-38H,16-17,31H2,(H2,30,32,33)/t23-,24-,28+,41?/m1/s1. The highest BCUT2D eigenvalue weighted by atomic mass is 31.2. The fraction of sp³-hybridized carbons (Fsp3) is 0.207. The average molecular weight is 572 g/mol. The van der Waals surface area contributed by atoms with Gasteiger partial charge in [0, 0.05) is 6.42 Å². The first-order chi connectivity index (χ1) is 19.9. The van der Waals surface area contributed by atoms with E-state index in [2.05, 4.69) is 20.3 Å². The molecule has 0 saturated carbocycles. The summed E-state index contributed by atoms with van der Waals surface area (Å²) in [6.45, 7) is -0.170. The maximum absolute atomic E-state index is 12.6. The van der Waals surface area contributed by atoms with Crippen molar-refractivity contribution in [1.82, 2.24) is 24.8 Å². The number of fused-ring (bicyclic) bond motifs is 1. The Morgan fingerprint density at radius 1 is 0.951 bits per heavy atom. The van der Waals surface area contributed by atoms with E-state index in [1.165, 1.54) is 6.33 Å². The second-order valence-corrected chi connectivity index (χ2v) is 10.7. The van der Waals surface area contributed by atoms with E-state index in [0.29, 0.717) is 11.2 Å². The first-order valence-corrected chi connectivity index (χ1v) is 14.3. The van der Waals surface area contributed by atoms with E-state index in [1.807, 2.05) is 91.0 Å². The minimum Gasteiger partial charge on any atom is -0.382 e. The molecule has 7 N–H and O–H groups in total. The van der Waals surface area contributed by atoms with Crippen molar-refractivity contribution in [3.8, 4) is 0 Å². The molecule has 0 spiro atoms. The van der Waals surface area contributed by atoms with Gasteiger partial charge in [0.25, 0.3) is 0 Å². The summed E-state index contributed by atoms with van der Waals surface area (Å²) in [7, 11) is -2.19. The van der Waals surface area contributed by atoms with Crippen molar-refractivity contribution in [1.29, 1.82) is 0 Å². The van der Waals surface area contributed by atoms with Gasteiger partial charge in [-0.1, -0.05) is 91.0 Å². The predicted molar refractivity (Wildman–Crippen MR) is 155 cm³/mol. The van der Waals surface area contributed by atoms with E-state index in [4.69, 9.17) is 20.5 Å².